The van der Waals surface area contributed by atoms with E-state index >= 15 is 0 Å². The largest absolute Gasteiger partial charge is 0.487 e. The molecular weight excluding hydrogens is 440 g/mol. The molecule has 184 valence electrons. The molecule has 3 heteroatoms. The van der Waals surface area contributed by atoms with E-state index in [9.17, 15) is 0 Å². The van der Waals surface area contributed by atoms with Crippen LogP contribution in [-0.4, -0.2) is 30.6 Å². The van der Waals surface area contributed by atoms with Crippen molar-refractivity contribution in [3.8, 4) is 5.75 Å². The smallest absolute Gasteiger partial charge is 0.143 e. The molecule has 3 aliphatic rings. The van der Waals surface area contributed by atoms with Crippen LogP contribution in [0.4, 0.5) is 11.4 Å². The Morgan fingerprint density at radius 2 is 1.78 bits per heavy atom. The molecule has 0 radical (unpaired) electrons. The number of likely N-dealkylation sites (tertiary alicyclic amines) is 1. The van der Waals surface area contributed by atoms with Crippen LogP contribution >= 0.6 is 0 Å². The quantitative estimate of drug-likeness (QED) is 0.342. The van der Waals surface area contributed by atoms with Crippen molar-refractivity contribution in [3.05, 3.63) is 108 Å². The summed E-state index contributed by atoms with van der Waals surface area (Å²) in [6.45, 7) is 3.93. The van der Waals surface area contributed by atoms with Crippen molar-refractivity contribution in [3.63, 3.8) is 0 Å². The second-order valence-electron chi connectivity index (χ2n) is 10.3. The molecule has 0 N–H and O–H groups in total. The number of ether oxygens (including phenoxy) is 1. The van der Waals surface area contributed by atoms with Crippen LogP contribution in [0.15, 0.2) is 91.0 Å². The van der Waals surface area contributed by atoms with Gasteiger partial charge in [-0.05, 0) is 80.0 Å². The highest BCUT2D eigenvalue weighted by molar-refractivity contribution is 5.73. The van der Waals surface area contributed by atoms with Crippen LogP contribution in [0, 0.1) is 0 Å². The number of hydrogen-bond donors (Lipinski definition) is 0. The molecule has 0 amide bonds. The zero-order valence-corrected chi connectivity index (χ0v) is 21.1. The van der Waals surface area contributed by atoms with E-state index in [0.717, 1.165) is 44.5 Å². The minimum atomic E-state index is 0.544. The van der Waals surface area contributed by atoms with Crippen LogP contribution in [0.2, 0.25) is 0 Å². The van der Waals surface area contributed by atoms with E-state index in [4.69, 9.17) is 4.74 Å². The van der Waals surface area contributed by atoms with Gasteiger partial charge in [-0.1, -0.05) is 72.8 Å². The predicted octanol–water partition coefficient (Wildman–Crippen LogP) is 7.55. The molecule has 0 aromatic heterocycles. The minimum Gasteiger partial charge on any atom is -0.487 e. The summed E-state index contributed by atoms with van der Waals surface area (Å²) in [7, 11) is 0. The number of nitrogens with zero attached hydrogens (tertiary/aromatic N) is 2. The second kappa shape index (κ2) is 10.8. The fourth-order valence-corrected chi connectivity index (χ4v) is 6.01. The Balaban J connectivity index is 1.18. The molecule has 6 rings (SSSR count). The topological polar surface area (TPSA) is 15.7 Å². The lowest BCUT2D eigenvalue weighted by Crippen LogP contribution is -2.39. The molecule has 2 aliphatic heterocycles. The third-order valence-electron chi connectivity index (χ3n) is 7.95. The van der Waals surface area contributed by atoms with E-state index < -0.39 is 0 Å². The first-order chi connectivity index (χ1) is 17.8. The fourth-order valence-electron chi connectivity index (χ4n) is 6.01. The molecule has 2 heterocycles. The molecule has 0 spiro atoms. The van der Waals surface area contributed by atoms with E-state index in [2.05, 4.69) is 101 Å². The zero-order chi connectivity index (χ0) is 24.2. The average Bonchev–Trinajstić information content (AvgIpc) is 3.11. The van der Waals surface area contributed by atoms with Gasteiger partial charge in [0.1, 0.15) is 12.4 Å². The summed E-state index contributed by atoms with van der Waals surface area (Å²) in [5.41, 5.74) is 8.10. The van der Waals surface area contributed by atoms with Crippen molar-refractivity contribution in [2.75, 3.05) is 24.5 Å². The number of allylic oxidation sites excluding steroid dienone is 4. The monoisotopic (exact) mass is 476 g/mol. The molecule has 1 unspecified atom stereocenters. The molecule has 0 saturated carbocycles. The van der Waals surface area contributed by atoms with Gasteiger partial charge in [-0.15, -0.1) is 0 Å². The summed E-state index contributed by atoms with van der Waals surface area (Å²) >= 11 is 0. The van der Waals surface area contributed by atoms with E-state index in [-0.39, 0.29) is 0 Å². The summed E-state index contributed by atoms with van der Waals surface area (Å²) in [4.78, 5) is 5.23. The minimum absolute atomic E-state index is 0.544. The normalized spacial score (nSPS) is 19.6. The Kier molecular flexibility index (Phi) is 6.91. The number of rotatable bonds is 6. The Hall–Kier alpha value is -3.30. The maximum Gasteiger partial charge on any atom is 0.143 e. The lowest BCUT2D eigenvalue weighted by Gasteiger charge is -2.32. The predicted molar refractivity (Wildman–Crippen MR) is 150 cm³/mol. The highest BCUT2D eigenvalue weighted by Gasteiger charge is 2.29. The van der Waals surface area contributed by atoms with Gasteiger partial charge in [0.2, 0.25) is 0 Å². The third-order valence-corrected chi connectivity index (χ3v) is 7.95. The maximum absolute atomic E-state index is 6.21. The van der Waals surface area contributed by atoms with Crippen molar-refractivity contribution in [2.24, 2.45) is 0 Å². The standard InChI is InChI=1S/C33H36N2O/c1-2-4-13-27(12-3-1)28-15-9-11-26(23-28)20-22-34-21-10-16-30(34)24-35-31-17-6-5-14-29(31)25-36-33-19-8-7-18-32(33)35/h1-2,5-9,11-12,14-15,17-19,23,30H,3-4,10,13,16,20-22,24-25H2. The van der Waals surface area contributed by atoms with Gasteiger partial charge in [0.25, 0.3) is 0 Å². The molecule has 3 aromatic rings. The van der Waals surface area contributed by atoms with Gasteiger partial charge in [-0.2, -0.15) is 0 Å². The lowest BCUT2D eigenvalue weighted by molar-refractivity contribution is 0.261. The highest BCUT2D eigenvalue weighted by Crippen LogP contribution is 2.40. The molecule has 3 aromatic carbocycles. The summed E-state index contributed by atoms with van der Waals surface area (Å²) < 4.78 is 6.21. The maximum atomic E-state index is 6.21. The fraction of sp³-hybridized carbons (Fsp3) is 0.333. The highest BCUT2D eigenvalue weighted by atomic mass is 16.5. The number of para-hydroxylation sites is 3. The molecular formula is C33H36N2O. The Morgan fingerprint density at radius 3 is 2.75 bits per heavy atom. The van der Waals surface area contributed by atoms with Gasteiger partial charge < -0.3 is 9.64 Å². The Bertz CT molecular complexity index is 1210. The van der Waals surface area contributed by atoms with Crippen LogP contribution < -0.4 is 9.64 Å². The summed E-state index contributed by atoms with van der Waals surface area (Å²) in [6.07, 6.45) is 14.0. The van der Waals surface area contributed by atoms with Crippen molar-refractivity contribution in [1.82, 2.24) is 4.90 Å². The van der Waals surface area contributed by atoms with Crippen LogP contribution in [0.5, 0.6) is 5.75 Å². The number of benzene rings is 3. The molecule has 1 saturated heterocycles. The molecule has 3 nitrogen and oxygen atoms in total. The summed E-state index contributed by atoms with van der Waals surface area (Å²) in [5, 5.41) is 0. The first-order valence-electron chi connectivity index (χ1n) is 13.6. The SMILES string of the molecule is C1=CCCC(c2cccc(CCN3CCCC3CN3c4ccccc4COc4ccccc43)c2)=CC1. The van der Waals surface area contributed by atoms with Crippen LogP contribution in [0.1, 0.15) is 48.8 Å². The van der Waals surface area contributed by atoms with Crippen molar-refractivity contribution in [1.29, 1.82) is 0 Å². The van der Waals surface area contributed by atoms with Crippen LogP contribution in [0.3, 0.4) is 0 Å². The molecule has 36 heavy (non-hydrogen) atoms. The number of hydrogen-bond acceptors (Lipinski definition) is 3. The summed E-state index contributed by atoms with van der Waals surface area (Å²) in [6, 6.07) is 27.1. The Morgan fingerprint density at radius 1 is 0.889 bits per heavy atom. The van der Waals surface area contributed by atoms with Crippen molar-refractivity contribution >= 4 is 16.9 Å². The van der Waals surface area contributed by atoms with Crippen LogP contribution in [0.25, 0.3) is 5.57 Å². The summed E-state index contributed by atoms with van der Waals surface area (Å²) in [5.74, 6) is 0.984. The molecule has 0 bridgehead atoms. The second-order valence-corrected chi connectivity index (χ2v) is 10.3. The molecule has 1 atom stereocenters. The Labute approximate surface area is 215 Å². The van der Waals surface area contributed by atoms with Crippen molar-refractivity contribution in [2.45, 2.75) is 51.2 Å². The van der Waals surface area contributed by atoms with Gasteiger partial charge in [0.15, 0.2) is 0 Å². The van der Waals surface area contributed by atoms with Gasteiger partial charge in [0, 0.05) is 30.4 Å². The van der Waals surface area contributed by atoms with E-state index in [1.165, 1.54) is 53.0 Å². The van der Waals surface area contributed by atoms with Gasteiger partial charge in [-0.3, -0.25) is 4.90 Å². The van der Waals surface area contributed by atoms with Crippen LogP contribution in [-0.2, 0) is 13.0 Å². The third kappa shape index (κ3) is 4.99. The number of anilines is 2. The average molecular weight is 477 g/mol. The van der Waals surface area contributed by atoms with E-state index in [1.807, 2.05) is 0 Å². The number of fused-ring (bicyclic) bond motifs is 2. The van der Waals surface area contributed by atoms with E-state index in [1.54, 1.807) is 0 Å². The first-order valence-corrected chi connectivity index (χ1v) is 13.6. The van der Waals surface area contributed by atoms with Gasteiger partial charge in [0.05, 0.1) is 5.69 Å². The molecule has 1 aliphatic carbocycles. The first kappa shape index (κ1) is 23.1. The van der Waals surface area contributed by atoms with Gasteiger partial charge >= 0.3 is 0 Å². The van der Waals surface area contributed by atoms with Gasteiger partial charge in [-0.25, -0.2) is 0 Å². The lowest BCUT2D eigenvalue weighted by atomic mass is 9.98. The molecule has 1 fully saturated rings. The van der Waals surface area contributed by atoms with E-state index in [0.29, 0.717) is 12.6 Å². The zero-order valence-electron chi connectivity index (χ0n) is 21.1. The van der Waals surface area contributed by atoms with Crippen molar-refractivity contribution < 1.29 is 4.74 Å².